The number of benzene rings is 2. The second-order valence-corrected chi connectivity index (χ2v) is 7.02. The maximum Gasteiger partial charge on any atom is 0.226 e. The highest BCUT2D eigenvalue weighted by Gasteiger charge is 2.07. The van der Waals surface area contributed by atoms with Gasteiger partial charge in [-0.25, -0.2) is 4.99 Å². The van der Waals surface area contributed by atoms with Gasteiger partial charge in [0.15, 0.2) is 5.96 Å². The number of anilines is 1. The molecule has 3 N–H and O–H groups in total. The first-order valence-electron chi connectivity index (χ1n) is 10.1. The lowest BCUT2D eigenvalue weighted by atomic mass is 10.1. The Hall–Kier alpha value is -2.29. The van der Waals surface area contributed by atoms with Gasteiger partial charge in [0.1, 0.15) is 5.75 Å². The van der Waals surface area contributed by atoms with Crippen molar-refractivity contribution in [3.05, 3.63) is 59.7 Å². The summed E-state index contributed by atoms with van der Waals surface area (Å²) >= 11 is 0. The molecule has 2 aromatic rings. The van der Waals surface area contributed by atoms with Gasteiger partial charge in [0.25, 0.3) is 0 Å². The van der Waals surface area contributed by atoms with Gasteiger partial charge < -0.3 is 20.7 Å². The number of hydrogen-bond acceptors (Lipinski definition) is 3. The number of carbonyl (C=O) groups is 1. The van der Waals surface area contributed by atoms with Gasteiger partial charge in [-0.3, -0.25) is 4.79 Å². The summed E-state index contributed by atoms with van der Waals surface area (Å²) in [6.45, 7) is 7.90. The molecule has 30 heavy (non-hydrogen) atoms. The van der Waals surface area contributed by atoms with Crippen LogP contribution in [0.25, 0.3) is 0 Å². The molecule has 0 heterocycles. The highest BCUT2D eigenvalue weighted by atomic mass is 127. The number of para-hydroxylation sites is 1. The van der Waals surface area contributed by atoms with Gasteiger partial charge in [0, 0.05) is 24.7 Å². The third-order valence-corrected chi connectivity index (χ3v) is 4.39. The Morgan fingerprint density at radius 1 is 1.07 bits per heavy atom. The predicted octanol–water partition coefficient (Wildman–Crippen LogP) is 4.21. The Kier molecular flexibility index (Phi) is 11.9. The van der Waals surface area contributed by atoms with Gasteiger partial charge in [-0.15, -0.1) is 24.0 Å². The van der Waals surface area contributed by atoms with E-state index >= 15 is 0 Å². The fourth-order valence-corrected chi connectivity index (χ4v) is 2.72. The van der Waals surface area contributed by atoms with Gasteiger partial charge >= 0.3 is 0 Å². The van der Waals surface area contributed by atoms with Gasteiger partial charge in [-0.2, -0.15) is 0 Å². The quantitative estimate of drug-likeness (QED) is 0.261. The number of guanidine groups is 1. The fourth-order valence-electron chi connectivity index (χ4n) is 2.72. The van der Waals surface area contributed by atoms with Crippen LogP contribution in [0.15, 0.2) is 53.5 Å². The zero-order chi connectivity index (χ0) is 21.1. The summed E-state index contributed by atoms with van der Waals surface area (Å²) in [7, 11) is 1.69. The molecule has 0 saturated carbocycles. The molecule has 7 heteroatoms. The third-order valence-electron chi connectivity index (χ3n) is 4.39. The van der Waals surface area contributed by atoms with E-state index < -0.39 is 0 Å². The van der Waals surface area contributed by atoms with E-state index in [1.165, 1.54) is 0 Å². The van der Waals surface area contributed by atoms with Crippen molar-refractivity contribution in [1.29, 1.82) is 0 Å². The monoisotopic (exact) mass is 524 g/mol. The van der Waals surface area contributed by atoms with Gasteiger partial charge in [-0.1, -0.05) is 44.2 Å². The topological polar surface area (TPSA) is 74.8 Å². The minimum absolute atomic E-state index is 0. The third kappa shape index (κ3) is 8.61. The molecule has 0 aliphatic heterocycles. The van der Waals surface area contributed by atoms with E-state index in [1.807, 2.05) is 63.2 Å². The molecule has 0 radical (unpaired) electrons. The standard InChI is InChI=1S/C23H32N4O2.HI/c1-5-24-23(25-15-14-19-8-6-7-9-21(19)29-4)26-16-18-10-12-20(13-11-18)27-22(28)17(2)3;/h6-13,17H,5,14-16H2,1-4H3,(H,27,28)(H2,24,25,26);1H. The van der Waals surface area contributed by atoms with Crippen LogP contribution in [0.5, 0.6) is 5.75 Å². The van der Waals surface area contributed by atoms with Crippen LogP contribution in [0.1, 0.15) is 31.9 Å². The Labute approximate surface area is 196 Å². The number of carbonyl (C=O) groups excluding carboxylic acids is 1. The molecule has 2 aromatic carbocycles. The fraction of sp³-hybridized carbons (Fsp3) is 0.391. The smallest absolute Gasteiger partial charge is 0.226 e. The molecule has 0 fully saturated rings. The minimum atomic E-state index is -0.0381. The molecule has 2 rings (SSSR count). The highest BCUT2D eigenvalue weighted by Crippen LogP contribution is 2.17. The molecule has 0 unspecified atom stereocenters. The number of methoxy groups -OCH3 is 1. The Balaban J connectivity index is 0.00000450. The number of halogens is 1. The lowest BCUT2D eigenvalue weighted by Crippen LogP contribution is -2.38. The van der Waals surface area contributed by atoms with Crippen molar-refractivity contribution in [2.75, 3.05) is 25.5 Å². The Morgan fingerprint density at radius 3 is 2.40 bits per heavy atom. The summed E-state index contributed by atoms with van der Waals surface area (Å²) in [5.74, 6) is 1.66. The molecule has 0 spiro atoms. The van der Waals surface area contributed by atoms with E-state index in [4.69, 9.17) is 4.74 Å². The summed E-state index contributed by atoms with van der Waals surface area (Å²) in [6, 6.07) is 15.8. The van der Waals surface area contributed by atoms with Crippen LogP contribution < -0.4 is 20.7 Å². The van der Waals surface area contributed by atoms with Crippen LogP contribution >= 0.6 is 24.0 Å². The van der Waals surface area contributed by atoms with E-state index in [9.17, 15) is 4.79 Å². The molecule has 0 aliphatic rings. The number of nitrogens with zero attached hydrogens (tertiary/aromatic N) is 1. The highest BCUT2D eigenvalue weighted by molar-refractivity contribution is 14.0. The molecular weight excluding hydrogens is 491 g/mol. The van der Waals surface area contributed by atoms with Crippen LogP contribution in [-0.4, -0.2) is 32.1 Å². The summed E-state index contributed by atoms with van der Waals surface area (Å²) in [5, 5.41) is 9.53. The first-order valence-corrected chi connectivity index (χ1v) is 10.1. The van der Waals surface area contributed by atoms with E-state index in [0.29, 0.717) is 6.54 Å². The molecule has 1 amide bonds. The number of ether oxygens (including phenoxy) is 1. The number of aliphatic imine (C=N–C) groups is 1. The van der Waals surface area contributed by atoms with Crippen molar-refractivity contribution in [3.8, 4) is 5.75 Å². The zero-order valence-electron chi connectivity index (χ0n) is 18.2. The minimum Gasteiger partial charge on any atom is -0.496 e. The molecule has 0 aromatic heterocycles. The maximum absolute atomic E-state index is 11.8. The Morgan fingerprint density at radius 2 is 1.77 bits per heavy atom. The molecular formula is C23H33IN4O2. The molecule has 6 nitrogen and oxygen atoms in total. The second-order valence-electron chi connectivity index (χ2n) is 7.02. The summed E-state index contributed by atoms with van der Waals surface area (Å²) < 4.78 is 5.40. The van der Waals surface area contributed by atoms with Gasteiger partial charge in [-0.05, 0) is 42.7 Å². The SMILES string of the molecule is CCNC(=NCc1ccc(NC(=O)C(C)C)cc1)NCCc1ccccc1OC.I. The van der Waals surface area contributed by atoms with E-state index in [-0.39, 0.29) is 35.8 Å². The molecule has 164 valence electrons. The first-order chi connectivity index (χ1) is 14.0. The maximum atomic E-state index is 11.8. The van der Waals surface area contributed by atoms with Crippen molar-refractivity contribution < 1.29 is 9.53 Å². The van der Waals surface area contributed by atoms with Crippen LogP contribution in [-0.2, 0) is 17.8 Å². The number of amides is 1. The van der Waals surface area contributed by atoms with Gasteiger partial charge in [0.05, 0.1) is 13.7 Å². The number of rotatable bonds is 9. The lowest BCUT2D eigenvalue weighted by molar-refractivity contribution is -0.118. The summed E-state index contributed by atoms with van der Waals surface area (Å²) in [4.78, 5) is 16.4. The summed E-state index contributed by atoms with van der Waals surface area (Å²) in [6.07, 6.45) is 0.846. The largest absolute Gasteiger partial charge is 0.496 e. The van der Waals surface area contributed by atoms with Gasteiger partial charge in [0.2, 0.25) is 5.91 Å². The average molecular weight is 524 g/mol. The Bertz CT molecular complexity index is 807. The molecule has 0 bridgehead atoms. The second kappa shape index (κ2) is 13.8. The molecule has 0 aliphatic carbocycles. The van der Waals surface area contributed by atoms with Crippen molar-refractivity contribution in [1.82, 2.24) is 10.6 Å². The van der Waals surface area contributed by atoms with Crippen LogP contribution in [0.2, 0.25) is 0 Å². The van der Waals surface area contributed by atoms with Crippen LogP contribution in [0, 0.1) is 5.92 Å². The van der Waals surface area contributed by atoms with Crippen molar-refractivity contribution in [2.24, 2.45) is 10.9 Å². The van der Waals surface area contributed by atoms with Crippen LogP contribution in [0.3, 0.4) is 0 Å². The van der Waals surface area contributed by atoms with Crippen molar-refractivity contribution in [3.63, 3.8) is 0 Å². The average Bonchev–Trinajstić information content (AvgIpc) is 2.73. The predicted molar refractivity (Wildman–Crippen MR) is 135 cm³/mol. The first kappa shape index (κ1) is 25.7. The molecule has 0 saturated heterocycles. The van der Waals surface area contributed by atoms with E-state index in [1.54, 1.807) is 7.11 Å². The van der Waals surface area contributed by atoms with Crippen molar-refractivity contribution in [2.45, 2.75) is 33.7 Å². The van der Waals surface area contributed by atoms with Crippen LogP contribution in [0.4, 0.5) is 5.69 Å². The number of nitrogens with one attached hydrogen (secondary N) is 3. The summed E-state index contributed by atoms with van der Waals surface area (Å²) in [5.41, 5.74) is 3.05. The lowest BCUT2D eigenvalue weighted by Gasteiger charge is -2.13. The van der Waals surface area contributed by atoms with E-state index in [0.717, 1.165) is 48.0 Å². The zero-order valence-corrected chi connectivity index (χ0v) is 20.5. The van der Waals surface area contributed by atoms with Crippen molar-refractivity contribution >= 4 is 41.5 Å². The normalized spacial score (nSPS) is 10.9. The van der Waals surface area contributed by atoms with E-state index in [2.05, 4.69) is 27.0 Å². The number of hydrogen-bond donors (Lipinski definition) is 3. The molecule has 0 atom stereocenters.